The van der Waals surface area contributed by atoms with Gasteiger partial charge in [0.15, 0.2) is 0 Å². The summed E-state index contributed by atoms with van der Waals surface area (Å²) in [4.78, 5) is 0. The summed E-state index contributed by atoms with van der Waals surface area (Å²) < 4.78 is 13.1. The van der Waals surface area contributed by atoms with Crippen molar-refractivity contribution in [1.82, 2.24) is 0 Å². The summed E-state index contributed by atoms with van der Waals surface area (Å²) in [6.45, 7) is 4.34. The molecule has 0 saturated heterocycles. The third-order valence-electron chi connectivity index (χ3n) is 2.74. The Kier molecular flexibility index (Phi) is 3.93. The van der Waals surface area contributed by atoms with Crippen LogP contribution in [0.25, 0.3) is 0 Å². The first-order chi connectivity index (χ1) is 6.67. The van der Waals surface area contributed by atoms with Crippen LogP contribution in [0.5, 0.6) is 0 Å². The van der Waals surface area contributed by atoms with Gasteiger partial charge in [-0.2, -0.15) is 0 Å². The van der Waals surface area contributed by atoms with E-state index in [1.807, 2.05) is 6.07 Å². The van der Waals surface area contributed by atoms with Gasteiger partial charge in [0.05, 0.1) is 5.69 Å². The van der Waals surface area contributed by atoms with Gasteiger partial charge in [-0.05, 0) is 30.0 Å². The fraction of sp³-hybridized carbons (Fsp3) is 0.500. The molecule has 0 fully saturated rings. The van der Waals surface area contributed by atoms with Crippen LogP contribution in [0, 0.1) is 11.7 Å². The average molecular weight is 195 g/mol. The minimum absolute atomic E-state index is 0.235. The van der Waals surface area contributed by atoms with Crippen molar-refractivity contribution in [2.75, 3.05) is 5.73 Å². The molecule has 2 heteroatoms. The minimum atomic E-state index is -0.298. The smallest absolute Gasteiger partial charge is 0.146 e. The third kappa shape index (κ3) is 2.72. The number of anilines is 1. The standard InChI is InChI=1S/C12H18FN/c1-3-9(4-2)7-10-5-6-12(14)11(13)8-10/h5-6,8-9H,3-4,7,14H2,1-2H3. The molecule has 0 saturated carbocycles. The summed E-state index contributed by atoms with van der Waals surface area (Å²) in [7, 11) is 0. The van der Waals surface area contributed by atoms with E-state index >= 15 is 0 Å². The van der Waals surface area contributed by atoms with Gasteiger partial charge in [-0.15, -0.1) is 0 Å². The Hall–Kier alpha value is -1.05. The Morgan fingerprint density at radius 3 is 2.43 bits per heavy atom. The molecule has 0 amide bonds. The van der Waals surface area contributed by atoms with Crippen LogP contribution in [0.1, 0.15) is 32.3 Å². The van der Waals surface area contributed by atoms with Gasteiger partial charge in [0.1, 0.15) is 5.82 Å². The predicted octanol–water partition coefficient (Wildman–Crippen LogP) is 3.39. The van der Waals surface area contributed by atoms with Crippen molar-refractivity contribution in [2.45, 2.75) is 33.1 Å². The quantitative estimate of drug-likeness (QED) is 0.732. The van der Waals surface area contributed by atoms with Gasteiger partial charge < -0.3 is 5.73 Å². The van der Waals surface area contributed by atoms with Gasteiger partial charge in [-0.25, -0.2) is 4.39 Å². The molecule has 1 nitrogen and oxygen atoms in total. The maximum absolute atomic E-state index is 13.1. The summed E-state index contributed by atoms with van der Waals surface area (Å²) in [5.41, 5.74) is 6.69. The van der Waals surface area contributed by atoms with Crippen LogP contribution in [0.15, 0.2) is 18.2 Å². The Morgan fingerprint density at radius 2 is 1.93 bits per heavy atom. The lowest BCUT2D eigenvalue weighted by Gasteiger charge is -2.12. The zero-order chi connectivity index (χ0) is 10.6. The molecule has 0 unspecified atom stereocenters. The normalized spacial score (nSPS) is 10.9. The van der Waals surface area contributed by atoms with Gasteiger partial charge in [-0.3, -0.25) is 0 Å². The molecule has 0 aliphatic rings. The highest BCUT2D eigenvalue weighted by Crippen LogP contribution is 2.18. The van der Waals surface area contributed by atoms with Crippen LogP contribution in [0.3, 0.4) is 0 Å². The van der Waals surface area contributed by atoms with E-state index in [4.69, 9.17) is 5.73 Å². The number of nitrogens with two attached hydrogens (primary N) is 1. The van der Waals surface area contributed by atoms with Gasteiger partial charge in [-0.1, -0.05) is 32.8 Å². The highest BCUT2D eigenvalue weighted by Gasteiger charge is 2.06. The van der Waals surface area contributed by atoms with E-state index in [1.165, 1.54) is 0 Å². The van der Waals surface area contributed by atoms with Crippen molar-refractivity contribution in [1.29, 1.82) is 0 Å². The molecule has 0 atom stereocenters. The zero-order valence-electron chi connectivity index (χ0n) is 8.89. The maximum atomic E-state index is 13.1. The van der Waals surface area contributed by atoms with E-state index in [0.717, 1.165) is 24.8 Å². The second-order valence-electron chi connectivity index (χ2n) is 3.74. The number of hydrogen-bond acceptors (Lipinski definition) is 1. The molecule has 1 rings (SSSR count). The summed E-state index contributed by atoms with van der Waals surface area (Å²) >= 11 is 0. The number of rotatable bonds is 4. The SMILES string of the molecule is CCC(CC)Cc1ccc(N)c(F)c1. The van der Waals surface area contributed by atoms with Gasteiger partial charge >= 0.3 is 0 Å². The Labute approximate surface area is 85.1 Å². The fourth-order valence-corrected chi connectivity index (χ4v) is 1.61. The monoisotopic (exact) mass is 195 g/mol. The van der Waals surface area contributed by atoms with Crippen LogP contribution >= 0.6 is 0 Å². The molecule has 14 heavy (non-hydrogen) atoms. The number of halogens is 1. The predicted molar refractivity (Wildman–Crippen MR) is 58.6 cm³/mol. The lowest BCUT2D eigenvalue weighted by molar-refractivity contribution is 0.489. The van der Waals surface area contributed by atoms with E-state index in [2.05, 4.69) is 13.8 Å². The summed E-state index contributed by atoms with van der Waals surface area (Å²) in [5, 5.41) is 0. The van der Waals surface area contributed by atoms with E-state index < -0.39 is 0 Å². The van der Waals surface area contributed by atoms with Crippen molar-refractivity contribution in [3.05, 3.63) is 29.6 Å². The Morgan fingerprint density at radius 1 is 1.29 bits per heavy atom. The lowest BCUT2D eigenvalue weighted by Crippen LogP contribution is -2.02. The van der Waals surface area contributed by atoms with Gasteiger partial charge in [0.25, 0.3) is 0 Å². The minimum Gasteiger partial charge on any atom is -0.396 e. The van der Waals surface area contributed by atoms with Crippen LogP contribution in [-0.4, -0.2) is 0 Å². The Balaban J connectivity index is 2.72. The van der Waals surface area contributed by atoms with Crippen LogP contribution in [0.2, 0.25) is 0 Å². The molecule has 1 aromatic carbocycles. The van der Waals surface area contributed by atoms with Crippen molar-refractivity contribution in [2.24, 2.45) is 5.92 Å². The molecular weight excluding hydrogens is 177 g/mol. The average Bonchev–Trinajstić information content (AvgIpc) is 2.19. The molecular formula is C12H18FN. The molecule has 0 bridgehead atoms. The highest BCUT2D eigenvalue weighted by molar-refractivity contribution is 5.41. The zero-order valence-corrected chi connectivity index (χ0v) is 8.89. The van der Waals surface area contributed by atoms with Gasteiger partial charge in [0.2, 0.25) is 0 Å². The first-order valence-electron chi connectivity index (χ1n) is 5.21. The fourth-order valence-electron chi connectivity index (χ4n) is 1.61. The van der Waals surface area contributed by atoms with Gasteiger partial charge in [0, 0.05) is 0 Å². The van der Waals surface area contributed by atoms with Crippen molar-refractivity contribution in [3.8, 4) is 0 Å². The molecule has 2 N–H and O–H groups in total. The molecule has 0 aliphatic heterocycles. The molecule has 1 aromatic rings. The topological polar surface area (TPSA) is 26.0 Å². The third-order valence-corrected chi connectivity index (χ3v) is 2.74. The molecule has 0 heterocycles. The molecule has 0 aromatic heterocycles. The summed E-state index contributed by atoms with van der Waals surface area (Å²) in [6.07, 6.45) is 3.23. The highest BCUT2D eigenvalue weighted by atomic mass is 19.1. The maximum Gasteiger partial charge on any atom is 0.146 e. The molecule has 78 valence electrons. The van der Waals surface area contributed by atoms with Crippen LogP contribution in [-0.2, 0) is 6.42 Å². The first kappa shape index (κ1) is 11.0. The van der Waals surface area contributed by atoms with Crippen LogP contribution < -0.4 is 5.73 Å². The molecule has 0 radical (unpaired) electrons. The second kappa shape index (κ2) is 4.99. The van der Waals surface area contributed by atoms with E-state index in [1.54, 1.807) is 12.1 Å². The number of hydrogen-bond donors (Lipinski definition) is 1. The number of benzene rings is 1. The largest absolute Gasteiger partial charge is 0.396 e. The molecule has 0 aliphatic carbocycles. The van der Waals surface area contributed by atoms with Crippen LogP contribution in [0.4, 0.5) is 10.1 Å². The Bertz CT molecular complexity index is 292. The van der Waals surface area contributed by atoms with Crippen molar-refractivity contribution < 1.29 is 4.39 Å². The van der Waals surface area contributed by atoms with Crippen molar-refractivity contribution >= 4 is 5.69 Å². The second-order valence-corrected chi connectivity index (χ2v) is 3.74. The lowest BCUT2D eigenvalue weighted by atomic mass is 9.94. The number of nitrogen functional groups attached to an aromatic ring is 1. The summed E-state index contributed by atoms with van der Waals surface area (Å²) in [6, 6.07) is 5.11. The molecule has 0 spiro atoms. The van der Waals surface area contributed by atoms with Crippen molar-refractivity contribution in [3.63, 3.8) is 0 Å². The summed E-state index contributed by atoms with van der Waals surface area (Å²) in [5.74, 6) is 0.353. The van der Waals surface area contributed by atoms with E-state index in [9.17, 15) is 4.39 Å². The first-order valence-corrected chi connectivity index (χ1v) is 5.21. The van der Waals surface area contributed by atoms with E-state index in [-0.39, 0.29) is 11.5 Å². The van der Waals surface area contributed by atoms with E-state index in [0.29, 0.717) is 5.92 Å².